The first-order chi connectivity index (χ1) is 13.6. The first-order valence-electron chi connectivity index (χ1n) is 9.49. The Labute approximate surface area is 169 Å². The molecule has 1 N–H and O–H groups in total. The summed E-state index contributed by atoms with van der Waals surface area (Å²) >= 11 is 5.71. The number of nitrogens with zero attached hydrogens (tertiary/aromatic N) is 1. The van der Waals surface area contributed by atoms with Crippen molar-refractivity contribution >= 4 is 17.3 Å². The van der Waals surface area contributed by atoms with Gasteiger partial charge < -0.3 is 29.2 Å². The highest BCUT2D eigenvalue weighted by atomic mass is 32.1. The quantitative estimate of drug-likeness (QED) is 0.788. The van der Waals surface area contributed by atoms with Crippen LogP contribution in [0.25, 0.3) is 0 Å². The van der Waals surface area contributed by atoms with E-state index >= 15 is 0 Å². The highest BCUT2D eigenvalue weighted by molar-refractivity contribution is 7.80. The van der Waals surface area contributed by atoms with Crippen LogP contribution in [0.5, 0.6) is 23.0 Å². The molecular weight excluding hydrogens is 376 g/mol. The summed E-state index contributed by atoms with van der Waals surface area (Å²) in [4.78, 5) is 2.10. The molecule has 2 bridgehead atoms. The van der Waals surface area contributed by atoms with Crippen molar-refractivity contribution in [2.45, 2.75) is 38.6 Å². The molecule has 0 radical (unpaired) electrons. The third-order valence-electron chi connectivity index (χ3n) is 5.48. The van der Waals surface area contributed by atoms with Crippen LogP contribution in [0.1, 0.15) is 37.4 Å². The summed E-state index contributed by atoms with van der Waals surface area (Å²) in [7, 11) is 0. The molecular formula is C21H22N2O4S. The van der Waals surface area contributed by atoms with Crippen molar-refractivity contribution < 1.29 is 18.9 Å². The predicted octanol–water partition coefficient (Wildman–Crippen LogP) is 3.74. The number of fused-ring (bicyclic) bond motifs is 5. The number of hydrogen-bond donors (Lipinski definition) is 1. The van der Waals surface area contributed by atoms with E-state index in [1.165, 1.54) is 0 Å². The van der Waals surface area contributed by atoms with Crippen LogP contribution in [0.15, 0.2) is 36.4 Å². The fourth-order valence-electron chi connectivity index (χ4n) is 4.13. The van der Waals surface area contributed by atoms with Crippen LogP contribution in [0.4, 0.5) is 0 Å². The number of nitrogens with one attached hydrogen (secondary N) is 1. The summed E-state index contributed by atoms with van der Waals surface area (Å²) in [5, 5.41) is 4.17. The van der Waals surface area contributed by atoms with Crippen molar-refractivity contribution in [1.29, 1.82) is 0 Å². The number of para-hydroxylation sites is 1. The maximum absolute atomic E-state index is 6.54. The lowest BCUT2D eigenvalue weighted by Gasteiger charge is -2.52. The van der Waals surface area contributed by atoms with Gasteiger partial charge in [0.25, 0.3) is 0 Å². The van der Waals surface area contributed by atoms with Gasteiger partial charge in [-0.1, -0.05) is 18.2 Å². The molecule has 0 aromatic heterocycles. The van der Waals surface area contributed by atoms with Crippen LogP contribution in [0.3, 0.4) is 0 Å². The molecule has 3 heterocycles. The van der Waals surface area contributed by atoms with Gasteiger partial charge in [0.15, 0.2) is 33.8 Å². The van der Waals surface area contributed by atoms with Crippen molar-refractivity contribution in [2.75, 3.05) is 13.4 Å². The molecule has 0 amide bonds. The average molecular weight is 398 g/mol. The van der Waals surface area contributed by atoms with Gasteiger partial charge >= 0.3 is 0 Å². The lowest BCUT2D eigenvalue weighted by atomic mass is 9.90. The summed E-state index contributed by atoms with van der Waals surface area (Å²) in [5.74, 6) is 3.12. The Morgan fingerprint density at radius 1 is 1.25 bits per heavy atom. The zero-order valence-corrected chi connectivity index (χ0v) is 16.7. The van der Waals surface area contributed by atoms with E-state index in [9.17, 15) is 0 Å². The average Bonchev–Trinajstić information content (AvgIpc) is 3.14. The normalized spacial score (nSPS) is 24.3. The molecule has 3 aliphatic rings. The van der Waals surface area contributed by atoms with Gasteiger partial charge in [0.2, 0.25) is 6.79 Å². The Hall–Kier alpha value is -2.67. The second kappa shape index (κ2) is 6.44. The van der Waals surface area contributed by atoms with Crippen molar-refractivity contribution in [3.8, 4) is 23.0 Å². The smallest absolute Gasteiger partial charge is 0.231 e. The lowest BCUT2D eigenvalue weighted by molar-refractivity contribution is -0.0738. The molecule has 2 aromatic carbocycles. The number of thiocarbonyl (C=S) groups is 1. The fraction of sp³-hybridized carbons (Fsp3) is 0.381. The van der Waals surface area contributed by atoms with Crippen molar-refractivity contribution in [3.05, 3.63) is 47.5 Å². The third kappa shape index (κ3) is 2.73. The Morgan fingerprint density at radius 2 is 2.11 bits per heavy atom. The van der Waals surface area contributed by atoms with E-state index in [-0.39, 0.29) is 12.8 Å². The first-order valence-corrected chi connectivity index (χ1v) is 9.89. The van der Waals surface area contributed by atoms with E-state index in [0.717, 1.165) is 40.5 Å². The van der Waals surface area contributed by atoms with E-state index in [4.69, 9.17) is 31.2 Å². The number of hydrogen-bond acceptors (Lipinski definition) is 5. The molecule has 5 rings (SSSR count). The van der Waals surface area contributed by atoms with E-state index in [2.05, 4.69) is 23.2 Å². The summed E-state index contributed by atoms with van der Waals surface area (Å²) in [5.41, 5.74) is 1.61. The summed E-state index contributed by atoms with van der Waals surface area (Å²) in [6, 6.07) is 12.1. The predicted molar refractivity (Wildman–Crippen MR) is 108 cm³/mol. The van der Waals surface area contributed by atoms with Gasteiger partial charge in [-0.05, 0) is 49.8 Å². The summed E-state index contributed by atoms with van der Waals surface area (Å²) in [6.07, 6.45) is 0.792. The third-order valence-corrected chi connectivity index (χ3v) is 5.82. The Balaban J connectivity index is 1.48. The van der Waals surface area contributed by atoms with E-state index in [1.54, 1.807) is 0 Å². The van der Waals surface area contributed by atoms with Crippen molar-refractivity contribution in [2.24, 2.45) is 0 Å². The SMILES string of the molecule is CCOc1cccc2c1O[C@@]1(C)C[C@@H]2NC(=S)N1Cc1ccc2c(c1)OCO2. The summed E-state index contributed by atoms with van der Waals surface area (Å²) in [6.45, 7) is 5.53. The number of benzene rings is 2. The molecule has 2 atom stereocenters. The molecule has 6 nitrogen and oxygen atoms in total. The zero-order chi connectivity index (χ0) is 19.3. The van der Waals surface area contributed by atoms with Gasteiger partial charge in [0, 0.05) is 18.5 Å². The van der Waals surface area contributed by atoms with Crippen LogP contribution >= 0.6 is 12.2 Å². The molecule has 28 heavy (non-hydrogen) atoms. The largest absolute Gasteiger partial charge is 0.490 e. The molecule has 0 spiro atoms. The molecule has 3 aliphatic heterocycles. The van der Waals surface area contributed by atoms with E-state index in [1.807, 2.05) is 37.3 Å². The maximum atomic E-state index is 6.54. The lowest BCUT2D eigenvalue weighted by Crippen LogP contribution is -2.64. The van der Waals surface area contributed by atoms with Gasteiger partial charge in [-0.25, -0.2) is 0 Å². The van der Waals surface area contributed by atoms with Crippen LogP contribution in [-0.4, -0.2) is 29.1 Å². The molecule has 1 fully saturated rings. The second-order valence-corrected chi connectivity index (χ2v) is 7.75. The molecule has 2 aromatic rings. The number of ether oxygens (including phenoxy) is 4. The molecule has 1 saturated heterocycles. The zero-order valence-electron chi connectivity index (χ0n) is 15.9. The van der Waals surface area contributed by atoms with Gasteiger partial charge in [-0.15, -0.1) is 0 Å². The van der Waals surface area contributed by atoms with Crippen molar-refractivity contribution in [3.63, 3.8) is 0 Å². The molecule has 0 saturated carbocycles. The minimum atomic E-state index is -0.566. The van der Waals surface area contributed by atoms with Gasteiger partial charge in [0.1, 0.15) is 0 Å². The molecule has 7 heteroatoms. The highest BCUT2D eigenvalue weighted by Gasteiger charge is 2.48. The monoisotopic (exact) mass is 398 g/mol. The molecule has 146 valence electrons. The first kappa shape index (κ1) is 17.4. The number of rotatable bonds is 4. The van der Waals surface area contributed by atoms with E-state index < -0.39 is 5.72 Å². The van der Waals surface area contributed by atoms with Crippen LogP contribution in [0, 0.1) is 0 Å². The minimum Gasteiger partial charge on any atom is -0.490 e. The van der Waals surface area contributed by atoms with Crippen molar-refractivity contribution in [1.82, 2.24) is 10.2 Å². The Kier molecular flexibility index (Phi) is 4.01. The molecule has 0 unspecified atom stereocenters. The van der Waals surface area contributed by atoms with Gasteiger partial charge in [-0.2, -0.15) is 0 Å². The topological polar surface area (TPSA) is 52.2 Å². The highest BCUT2D eigenvalue weighted by Crippen LogP contribution is 2.48. The summed E-state index contributed by atoms with van der Waals surface area (Å²) < 4.78 is 23.3. The fourth-order valence-corrected chi connectivity index (χ4v) is 4.53. The Bertz CT molecular complexity index is 950. The maximum Gasteiger partial charge on any atom is 0.231 e. The second-order valence-electron chi connectivity index (χ2n) is 7.36. The molecule has 0 aliphatic carbocycles. The van der Waals surface area contributed by atoms with Crippen LogP contribution in [-0.2, 0) is 6.54 Å². The van der Waals surface area contributed by atoms with E-state index in [0.29, 0.717) is 18.3 Å². The standard InChI is InChI=1S/C21H22N2O4S/c1-3-24-17-6-4-5-14-15-10-21(2,27-19(14)17)23(20(28)22-15)11-13-7-8-16-18(9-13)26-12-25-16/h4-9,15H,3,10-12H2,1-2H3,(H,22,28)/t15-,21-/m0/s1. The van der Waals surface area contributed by atoms with Gasteiger partial charge in [0.05, 0.1) is 12.6 Å². The van der Waals surface area contributed by atoms with Gasteiger partial charge in [-0.3, -0.25) is 0 Å². The Morgan fingerprint density at radius 3 is 2.96 bits per heavy atom. The van der Waals surface area contributed by atoms with Crippen LogP contribution in [0.2, 0.25) is 0 Å². The van der Waals surface area contributed by atoms with Crippen LogP contribution < -0.4 is 24.3 Å². The minimum absolute atomic E-state index is 0.106.